The summed E-state index contributed by atoms with van der Waals surface area (Å²) < 4.78 is 0. The SMILES string of the molecule is CC(C)(O)C(=O)Nc1cccc([N+](=O)[O-])c1. The molecular formula is C10H12N2O4. The zero-order valence-corrected chi connectivity index (χ0v) is 8.93. The lowest BCUT2D eigenvalue weighted by molar-refractivity contribution is -0.384. The minimum atomic E-state index is -1.52. The van der Waals surface area contributed by atoms with Crippen LogP contribution >= 0.6 is 0 Å². The van der Waals surface area contributed by atoms with Gasteiger partial charge in [-0.15, -0.1) is 0 Å². The van der Waals surface area contributed by atoms with Crippen molar-refractivity contribution in [2.45, 2.75) is 19.4 Å². The molecule has 0 aliphatic heterocycles. The molecule has 0 aromatic heterocycles. The van der Waals surface area contributed by atoms with E-state index in [0.29, 0.717) is 0 Å². The number of aliphatic hydroxyl groups is 1. The van der Waals surface area contributed by atoms with E-state index in [9.17, 15) is 20.0 Å². The second kappa shape index (κ2) is 4.28. The molecule has 0 atom stereocenters. The van der Waals surface area contributed by atoms with Crippen LogP contribution < -0.4 is 5.32 Å². The molecule has 6 heteroatoms. The van der Waals surface area contributed by atoms with E-state index in [1.54, 1.807) is 0 Å². The summed E-state index contributed by atoms with van der Waals surface area (Å²) in [4.78, 5) is 21.3. The molecule has 6 nitrogen and oxygen atoms in total. The van der Waals surface area contributed by atoms with Crippen LogP contribution in [0.5, 0.6) is 0 Å². The first kappa shape index (κ1) is 12.1. The van der Waals surface area contributed by atoms with Crippen molar-refractivity contribution in [1.29, 1.82) is 0 Å². The van der Waals surface area contributed by atoms with Gasteiger partial charge in [0.1, 0.15) is 5.60 Å². The molecule has 0 heterocycles. The Morgan fingerprint density at radius 1 is 1.50 bits per heavy atom. The quantitative estimate of drug-likeness (QED) is 0.598. The number of nitro groups is 1. The van der Waals surface area contributed by atoms with Crippen molar-refractivity contribution in [1.82, 2.24) is 0 Å². The topological polar surface area (TPSA) is 92.5 Å². The highest BCUT2D eigenvalue weighted by atomic mass is 16.6. The maximum Gasteiger partial charge on any atom is 0.271 e. The third-order valence-electron chi connectivity index (χ3n) is 1.87. The zero-order chi connectivity index (χ0) is 12.3. The summed E-state index contributed by atoms with van der Waals surface area (Å²) in [5.74, 6) is -0.618. The Balaban J connectivity index is 2.87. The van der Waals surface area contributed by atoms with E-state index in [1.165, 1.54) is 38.1 Å². The predicted octanol–water partition coefficient (Wildman–Crippen LogP) is 1.30. The van der Waals surface area contributed by atoms with Gasteiger partial charge in [-0.05, 0) is 19.9 Å². The van der Waals surface area contributed by atoms with Gasteiger partial charge in [0.25, 0.3) is 11.6 Å². The first-order valence-electron chi connectivity index (χ1n) is 4.59. The predicted molar refractivity (Wildman–Crippen MR) is 58.0 cm³/mol. The summed E-state index contributed by atoms with van der Waals surface area (Å²) >= 11 is 0. The highest BCUT2D eigenvalue weighted by molar-refractivity contribution is 5.96. The van der Waals surface area contributed by atoms with Crippen molar-refractivity contribution in [3.63, 3.8) is 0 Å². The number of hydrogen-bond acceptors (Lipinski definition) is 4. The molecule has 0 aliphatic rings. The van der Waals surface area contributed by atoms with Crippen molar-refractivity contribution < 1.29 is 14.8 Å². The molecule has 0 spiro atoms. The van der Waals surface area contributed by atoms with Crippen LogP contribution in [-0.4, -0.2) is 21.5 Å². The van der Waals surface area contributed by atoms with Gasteiger partial charge in [-0.3, -0.25) is 14.9 Å². The Bertz CT molecular complexity index is 423. The zero-order valence-electron chi connectivity index (χ0n) is 8.93. The maximum absolute atomic E-state index is 11.4. The molecule has 0 saturated carbocycles. The number of benzene rings is 1. The summed E-state index contributed by atoms with van der Waals surface area (Å²) in [6.45, 7) is 2.67. The third-order valence-corrected chi connectivity index (χ3v) is 1.87. The molecule has 0 radical (unpaired) electrons. The lowest BCUT2D eigenvalue weighted by atomic mass is 10.1. The fraction of sp³-hybridized carbons (Fsp3) is 0.300. The maximum atomic E-state index is 11.4. The Kier molecular flexibility index (Phi) is 3.24. The van der Waals surface area contributed by atoms with Crippen LogP contribution in [0.25, 0.3) is 0 Å². The van der Waals surface area contributed by atoms with E-state index in [0.717, 1.165) is 0 Å². The average Bonchev–Trinajstić information content (AvgIpc) is 2.16. The molecule has 0 bridgehead atoms. The summed E-state index contributed by atoms with van der Waals surface area (Å²) in [5.41, 5.74) is -1.36. The Labute approximate surface area is 92.0 Å². The molecular weight excluding hydrogens is 212 g/mol. The number of carbonyl (C=O) groups is 1. The van der Waals surface area contributed by atoms with Crippen LogP contribution in [-0.2, 0) is 4.79 Å². The minimum Gasteiger partial charge on any atom is -0.381 e. The number of nitro benzene ring substituents is 1. The van der Waals surface area contributed by atoms with E-state index in [1.807, 2.05) is 0 Å². The molecule has 86 valence electrons. The van der Waals surface area contributed by atoms with Crippen LogP contribution in [0, 0.1) is 10.1 Å². The van der Waals surface area contributed by atoms with E-state index in [-0.39, 0.29) is 11.4 Å². The van der Waals surface area contributed by atoms with Gasteiger partial charge < -0.3 is 10.4 Å². The average molecular weight is 224 g/mol. The molecule has 0 unspecified atom stereocenters. The van der Waals surface area contributed by atoms with Gasteiger partial charge in [0.2, 0.25) is 0 Å². The fourth-order valence-electron chi connectivity index (χ4n) is 0.981. The van der Waals surface area contributed by atoms with Crippen LogP contribution in [0.15, 0.2) is 24.3 Å². The van der Waals surface area contributed by atoms with Gasteiger partial charge in [0, 0.05) is 17.8 Å². The summed E-state index contributed by atoms with van der Waals surface area (Å²) in [6, 6.07) is 5.51. The Morgan fingerprint density at radius 3 is 2.62 bits per heavy atom. The molecule has 0 saturated heterocycles. The first-order valence-corrected chi connectivity index (χ1v) is 4.59. The fourth-order valence-corrected chi connectivity index (χ4v) is 0.981. The van der Waals surface area contributed by atoms with E-state index >= 15 is 0 Å². The largest absolute Gasteiger partial charge is 0.381 e. The van der Waals surface area contributed by atoms with E-state index < -0.39 is 16.4 Å². The van der Waals surface area contributed by atoms with Gasteiger partial charge in [-0.1, -0.05) is 6.07 Å². The second-order valence-corrected chi connectivity index (χ2v) is 3.82. The summed E-state index contributed by atoms with van der Waals surface area (Å²) in [7, 11) is 0. The Morgan fingerprint density at radius 2 is 2.12 bits per heavy atom. The van der Waals surface area contributed by atoms with Crippen molar-refractivity contribution in [2.75, 3.05) is 5.32 Å². The molecule has 1 aromatic carbocycles. The molecule has 16 heavy (non-hydrogen) atoms. The second-order valence-electron chi connectivity index (χ2n) is 3.82. The number of rotatable bonds is 3. The first-order chi connectivity index (χ1) is 7.30. The van der Waals surface area contributed by atoms with Crippen molar-refractivity contribution >= 4 is 17.3 Å². The van der Waals surface area contributed by atoms with Crippen molar-refractivity contribution in [2.24, 2.45) is 0 Å². The van der Waals surface area contributed by atoms with Gasteiger partial charge in [0.15, 0.2) is 0 Å². The van der Waals surface area contributed by atoms with Gasteiger partial charge in [0.05, 0.1) is 4.92 Å². The van der Waals surface area contributed by atoms with Crippen LogP contribution in [0.4, 0.5) is 11.4 Å². The molecule has 2 N–H and O–H groups in total. The third kappa shape index (κ3) is 3.03. The number of nitrogens with one attached hydrogen (secondary N) is 1. The van der Waals surface area contributed by atoms with Crippen molar-refractivity contribution in [3.8, 4) is 0 Å². The monoisotopic (exact) mass is 224 g/mol. The normalized spacial score (nSPS) is 10.9. The number of hydrogen-bond donors (Lipinski definition) is 2. The van der Waals surface area contributed by atoms with E-state index in [2.05, 4.69) is 5.32 Å². The number of non-ortho nitro benzene ring substituents is 1. The lowest BCUT2D eigenvalue weighted by Gasteiger charge is -2.16. The summed E-state index contributed by atoms with van der Waals surface area (Å²) in [6.07, 6.45) is 0. The summed E-state index contributed by atoms with van der Waals surface area (Å²) in [5, 5.41) is 22.2. The van der Waals surface area contributed by atoms with Gasteiger partial charge in [-0.25, -0.2) is 0 Å². The number of nitrogens with zero attached hydrogens (tertiary/aromatic N) is 1. The van der Waals surface area contributed by atoms with Gasteiger partial charge in [-0.2, -0.15) is 0 Å². The number of anilines is 1. The van der Waals surface area contributed by atoms with Crippen LogP contribution in [0.1, 0.15) is 13.8 Å². The smallest absolute Gasteiger partial charge is 0.271 e. The molecule has 1 rings (SSSR count). The molecule has 1 amide bonds. The van der Waals surface area contributed by atoms with Crippen LogP contribution in [0.3, 0.4) is 0 Å². The number of amides is 1. The molecule has 0 aliphatic carbocycles. The molecule has 0 fully saturated rings. The standard InChI is InChI=1S/C10H12N2O4/c1-10(2,14)9(13)11-7-4-3-5-8(6-7)12(15)16/h3-6,14H,1-2H3,(H,11,13). The highest BCUT2D eigenvalue weighted by Gasteiger charge is 2.23. The minimum absolute atomic E-state index is 0.117. The molecule has 1 aromatic rings. The van der Waals surface area contributed by atoms with E-state index in [4.69, 9.17) is 0 Å². The number of carbonyl (C=O) groups excluding carboxylic acids is 1. The highest BCUT2D eigenvalue weighted by Crippen LogP contribution is 2.18. The van der Waals surface area contributed by atoms with Crippen molar-refractivity contribution in [3.05, 3.63) is 34.4 Å². The Hall–Kier alpha value is -1.95. The van der Waals surface area contributed by atoms with Gasteiger partial charge >= 0.3 is 0 Å². The lowest BCUT2D eigenvalue weighted by Crippen LogP contribution is -2.36. The van der Waals surface area contributed by atoms with Crippen LogP contribution in [0.2, 0.25) is 0 Å².